The van der Waals surface area contributed by atoms with Crippen molar-refractivity contribution in [1.29, 1.82) is 0 Å². The topological polar surface area (TPSA) is 106 Å². The van der Waals surface area contributed by atoms with Crippen molar-refractivity contribution in [2.75, 3.05) is 5.32 Å². The van der Waals surface area contributed by atoms with Gasteiger partial charge in [0, 0.05) is 6.07 Å². The lowest BCUT2D eigenvalue weighted by Crippen LogP contribution is -2.04. The second kappa shape index (κ2) is 5.43. The minimum Gasteiger partial charge on any atom is -0.478 e. The number of hydrogen-bond acceptors (Lipinski definition) is 5. The first-order valence-corrected chi connectivity index (χ1v) is 5.78. The number of nitro groups is 1. The number of benzene rings is 1. The van der Waals surface area contributed by atoms with Gasteiger partial charge >= 0.3 is 5.97 Å². The molecule has 1 aromatic carbocycles. The van der Waals surface area contributed by atoms with Crippen molar-refractivity contribution >= 4 is 17.3 Å². The Balaban J connectivity index is 2.25. The summed E-state index contributed by atoms with van der Waals surface area (Å²) in [5.74, 6) is 0.199. The van der Waals surface area contributed by atoms with E-state index in [9.17, 15) is 14.9 Å². The van der Waals surface area contributed by atoms with Crippen LogP contribution in [0.4, 0.5) is 11.4 Å². The molecule has 2 N–H and O–H groups in total. The highest BCUT2D eigenvalue weighted by molar-refractivity contribution is 5.90. The number of hydrogen-bond donors (Lipinski definition) is 2. The zero-order valence-corrected chi connectivity index (χ0v) is 10.6. The van der Waals surface area contributed by atoms with Gasteiger partial charge in [0.25, 0.3) is 5.69 Å². The fourth-order valence-corrected chi connectivity index (χ4v) is 1.73. The Morgan fingerprint density at radius 2 is 2.15 bits per heavy atom. The van der Waals surface area contributed by atoms with Crippen molar-refractivity contribution in [3.05, 3.63) is 57.5 Å². The minimum absolute atomic E-state index is 0.0197. The van der Waals surface area contributed by atoms with E-state index in [-0.39, 0.29) is 23.5 Å². The molecule has 0 aliphatic heterocycles. The summed E-state index contributed by atoms with van der Waals surface area (Å²) in [4.78, 5) is 21.2. The molecule has 0 unspecified atom stereocenters. The van der Waals surface area contributed by atoms with Crippen molar-refractivity contribution in [3.8, 4) is 0 Å². The summed E-state index contributed by atoms with van der Waals surface area (Å²) >= 11 is 0. The summed E-state index contributed by atoms with van der Waals surface area (Å²) in [6.45, 7) is 2.02. The molecule has 20 heavy (non-hydrogen) atoms. The standard InChI is InChI=1S/C13H12N2O5/c1-8-2-4-10(20-8)7-14-11-6-9(13(16)17)3-5-12(11)15(18)19/h2-6,14H,7H2,1H3,(H,16,17). The van der Waals surface area contributed by atoms with Crippen LogP contribution in [0.25, 0.3) is 0 Å². The van der Waals surface area contributed by atoms with Gasteiger partial charge in [-0.05, 0) is 31.2 Å². The fraction of sp³-hybridized carbons (Fsp3) is 0.154. The number of rotatable bonds is 5. The number of nitro benzene ring substituents is 1. The molecule has 1 aromatic heterocycles. The van der Waals surface area contributed by atoms with Crippen LogP contribution in [0.3, 0.4) is 0 Å². The Morgan fingerprint density at radius 1 is 1.40 bits per heavy atom. The average Bonchev–Trinajstić information content (AvgIpc) is 2.81. The van der Waals surface area contributed by atoms with Gasteiger partial charge in [-0.15, -0.1) is 0 Å². The van der Waals surface area contributed by atoms with Crippen LogP contribution in [-0.4, -0.2) is 16.0 Å². The van der Waals surface area contributed by atoms with Gasteiger partial charge in [0.15, 0.2) is 0 Å². The SMILES string of the molecule is Cc1ccc(CNc2cc(C(=O)O)ccc2[N+](=O)[O-])o1. The highest BCUT2D eigenvalue weighted by atomic mass is 16.6. The third-order valence-corrected chi connectivity index (χ3v) is 2.69. The van der Waals surface area contributed by atoms with E-state index in [1.807, 2.05) is 0 Å². The van der Waals surface area contributed by atoms with Gasteiger partial charge in [0.2, 0.25) is 0 Å². The number of nitrogens with one attached hydrogen (secondary N) is 1. The van der Waals surface area contributed by atoms with E-state index in [1.54, 1.807) is 19.1 Å². The van der Waals surface area contributed by atoms with Gasteiger partial charge < -0.3 is 14.8 Å². The van der Waals surface area contributed by atoms with Crippen LogP contribution >= 0.6 is 0 Å². The molecular formula is C13H12N2O5. The first-order valence-electron chi connectivity index (χ1n) is 5.78. The van der Waals surface area contributed by atoms with Crippen LogP contribution < -0.4 is 5.32 Å². The van der Waals surface area contributed by atoms with Crippen LogP contribution in [0.5, 0.6) is 0 Å². The molecule has 0 saturated heterocycles. The number of carboxylic acid groups (broad SMARTS) is 1. The monoisotopic (exact) mass is 276 g/mol. The lowest BCUT2D eigenvalue weighted by Gasteiger charge is -2.06. The fourth-order valence-electron chi connectivity index (χ4n) is 1.73. The highest BCUT2D eigenvalue weighted by Crippen LogP contribution is 2.26. The molecule has 1 heterocycles. The van der Waals surface area contributed by atoms with Crippen LogP contribution in [0.15, 0.2) is 34.7 Å². The molecule has 7 nitrogen and oxygen atoms in total. The molecule has 0 atom stereocenters. The van der Waals surface area contributed by atoms with Gasteiger partial charge in [-0.2, -0.15) is 0 Å². The van der Waals surface area contributed by atoms with E-state index < -0.39 is 10.9 Å². The molecular weight excluding hydrogens is 264 g/mol. The van der Waals surface area contributed by atoms with E-state index in [4.69, 9.17) is 9.52 Å². The molecule has 2 rings (SSSR count). The Bertz CT molecular complexity index is 663. The highest BCUT2D eigenvalue weighted by Gasteiger charge is 2.16. The third-order valence-electron chi connectivity index (χ3n) is 2.69. The summed E-state index contributed by atoms with van der Waals surface area (Å²) < 4.78 is 5.33. The Morgan fingerprint density at radius 3 is 2.70 bits per heavy atom. The number of anilines is 1. The number of carboxylic acids is 1. The number of carbonyl (C=O) groups is 1. The molecule has 2 aromatic rings. The Hall–Kier alpha value is -2.83. The summed E-state index contributed by atoms with van der Waals surface area (Å²) in [5.41, 5.74) is -0.0593. The molecule has 0 fully saturated rings. The van der Waals surface area contributed by atoms with E-state index in [0.29, 0.717) is 5.76 Å². The zero-order valence-electron chi connectivity index (χ0n) is 10.6. The van der Waals surface area contributed by atoms with Gasteiger partial charge in [-0.3, -0.25) is 10.1 Å². The van der Waals surface area contributed by atoms with Crippen molar-refractivity contribution in [2.24, 2.45) is 0 Å². The maximum absolute atomic E-state index is 10.9. The Labute approximate surface area is 114 Å². The smallest absolute Gasteiger partial charge is 0.335 e. The lowest BCUT2D eigenvalue weighted by molar-refractivity contribution is -0.384. The summed E-state index contributed by atoms with van der Waals surface area (Å²) in [6, 6.07) is 7.12. The predicted octanol–water partition coefficient (Wildman–Crippen LogP) is 2.81. The van der Waals surface area contributed by atoms with E-state index in [0.717, 1.165) is 5.76 Å². The lowest BCUT2D eigenvalue weighted by atomic mass is 10.1. The average molecular weight is 276 g/mol. The zero-order chi connectivity index (χ0) is 14.7. The number of aromatic carboxylic acids is 1. The predicted molar refractivity (Wildman–Crippen MR) is 70.8 cm³/mol. The van der Waals surface area contributed by atoms with Crippen LogP contribution in [0.2, 0.25) is 0 Å². The molecule has 0 bridgehead atoms. The van der Waals surface area contributed by atoms with Crippen molar-refractivity contribution < 1.29 is 19.2 Å². The van der Waals surface area contributed by atoms with Gasteiger partial charge in [0.1, 0.15) is 17.2 Å². The Kier molecular flexibility index (Phi) is 3.69. The van der Waals surface area contributed by atoms with E-state index >= 15 is 0 Å². The third kappa shape index (κ3) is 2.94. The quantitative estimate of drug-likeness (QED) is 0.642. The second-order valence-electron chi connectivity index (χ2n) is 4.16. The molecule has 7 heteroatoms. The largest absolute Gasteiger partial charge is 0.478 e. The summed E-state index contributed by atoms with van der Waals surface area (Å²) in [7, 11) is 0. The number of aryl methyl sites for hydroxylation is 1. The van der Waals surface area contributed by atoms with Crippen molar-refractivity contribution in [3.63, 3.8) is 0 Å². The summed E-state index contributed by atoms with van der Waals surface area (Å²) in [6.07, 6.45) is 0. The maximum Gasteiger partial charge on any atom is 0.335 e. The molecule has 0 aliphatic rings. The first-order chi connectivity index (χ1) is 9.47. The van der Waals surface area contributed by atoms with Crippen LogP contribution in [-0.2, 0) is 6.54 Å². The summed E-state index contributed by atoms with van der Waals surface area (Å²) in [5, 5.41) is 22.6. The molecule has 0 amide bonds. The number of nitrogens with zero attached hydrogens (tertiary/aromatic N) is 1. The van der Waals surface area contributed by atoms with Crippen molar-refractivity contribution in [1.82, 2.24) is 0 Å². The number of furan rings is 1. The van der Waals surface area contributed by atoms with Gasteiger partial charge in [-0.25, -0.2) is 4.79 Å². The van der Waals surface area contributed by atoms with E-state index in [1.165, 1.54) is 18.2 Å². The maximum atomic E-state index is 10.9. The van der Waals surface area contributed by atoms with Crippen LogP contribution in [0.1, 0.15) is 21.9 Å². The molecule has 0 radical (unpaired) electrons. The van der Waals surface area contributed by atoms with E-state index in [2.05, 4.69) is 5.32 Å². The minimum atomic E-state index is -1.14. The van der Waals surface area contributed by atoms with Gasteiger partial charge in [-0.1, -0.05) is 0 Å². The van der Waals surface area contributed by atoms with Crippen LogP contribution in [0, 0.1) is 17.0 Å². The molecule has 0 spiro atoms. The van der Waals surface area contributed by atoms with Crippen molar-refractivity contribution in [2.45, 2.75) is 13.5 Å². The first kappa shape index (κ1) is 13.6. The molecule has 104 valence electrons. The molecule has 0 saturated carbocycles. The second-order valence-corrected chi connectivity index (χ2v) is 4.16. The van der Waals surface area contributed by atoms with Gasteiger partial charge in [0.05, 0.1) is 17.0 Å². The molecule has 0 aliphatic carbocycles. The normalized spacial score (nSPS) is 10.2.